The van der Waals surface area contributed by atoms with E-state index in [1.807, 2.05) is 0 Å². The lowest BCUT2D eigenvalue weighted by molar-refractivity contribution is -0.888. The Morgan fingerprint density at radius 3 is 0.663 bits per heavy atom. The lowest BCUT2D eigenvalue weighted by Gasteiger charge is -2.28. The van der Waals surface area contributed by atoms with Gasteiger partial charge >= 0.3 is 0 Å². The molecule has 0 aromatic heterocycles. The van der Waals surface area contributed by atoms with Crippen molar-refractivity contribution in [1.29, 1.82) is 0 Å². The van der Waals surface area contributed by atoms with Crippen molar-refractivity contribution >= 4 is 0 Å². The summed E-state index contributed by atoms with van der Waals surface area (Å²) < 4.78 is 3.97. The maximum Gasteiger partial charge on any atom is 0.102 e. The number of aliphatic hydroxyl groups excluding tert-OH is 2. The van der Waals surface area contributed by atoms with Crippen molar-refractivity contribution in [2.75, 3.05) is 123 Å². The van der Waals surface area contributed by atoms with Gasteiger partial charge in [0, 0.05) is 0 Å². The molecule has 0 saturated heterocycles. The van der Waals surface area contributed by atoms with Crippen LogP contribution >= 0.6 is 0 Å². The third kappa shape index (κ3) is 38.2. The van der Waals surface area contributed by atoms with Crippen LogP contribution < -0.4 is 0 Å². The van der Waals surface area contributed by atoms with Crippen molar-refractivity contribution in [2.24, 2.45) is 0 Å². The van der Waals surface area contributed by atoms with Gasteiger partial charge < -0.3 is 28.1 Å². The maximum atomic E-state index is 8.52. The van der Waals surface area contributed by atoms with Crippen LogP contribution in [0, 0.1) is 13.8 Å². The van der Waals surface area contributed by atoms with Gasteiger partial charge in [0.25, 0.3) is 0 Å². The van der Waals surface area contributed by atoms with Gasteiger partial charge in [-0.1, -0.05) is 250 Å². The summed E-state index contributed by atoms with van der Waals surface area (Å²) in [7, 11) is 21.5. The van der Waals surface area contributed by atoms with E-state index in [1.165, 1.54) is 171 Å². The fourth-order valence-electron chi connectivity index (χ4n) is 12.7. The van der Waals surface area contributed by atoms with Crippen molar-refractivity contribution in [3.63, 3.8) is 0 Å². The molecule has 0 spiro atoms. The van der Waals surface area contributed by atoms with Crippen LogP contribution in [0.4, 0.5) is 0 Å². The average molecular weight is 1350 g/mol. The highest BCUT2D eigenvalue weighted by molar-refractivity contribution is 5.33. The van der Waals surface area contributed by atoms with Crippen LogP contribution in [0.2, 0.25) is 0 Å². The second-order valence-electron chi connectivity index (χ2n) is 31.9. The molecule has 552 valence electrons. The topological polar surface area (TPSA) is 40.5 Å². The molecule has 6 rings (SSSR count). The summed E-state index contributed by atoms with van der Waals surface area (Å²) in [5.74, 6) is 4.95. The molecule has 0 radical (unpaired) electrons. The maximum absolute atomic E-state index is 8.52. The highest BCUT2D eigenvalue weighted by Crippen LogP contribution is 2.43. The van der Waals surface area contributed by atoms with Gasteiger partial charge in [-0.05, 0) is 210 Å². The smallest absolute Gasteiger partial charge is 0.102 e. The average Bonchev–Trinajstić information content (AvgIpc) is 0.886. The van der Waals surface area contributed by atoms with E-state index >= 15 is 0 Å². The third-order valence-corrected chi connectivity index (χ3v) is 21.2. The summed E-state index contributed by atoms with van der Waals surface area (Å²) in [5.41, 5.74) is 14.8. The van der Waals surface area contributed by atoms with Gasteiger partial charge in [-0.15, -0.1) is 0 Å². The molecule has 98 heavy (non-hydrogen) atoms. The van der Waals surface area contributed by atoms with Gasteiger partial charge in [0.15, 0.2) is 0 Å². The molecule has 0 aliphatic heterocycles. The Morgan fingerprint density at radius 1 is 0.255 bits per heavy atom. The number of quaternary nitrogens is 4. The largest absolute Gasteiger partial charge is 0.391 e. The Hall–Kier alpha value is -4.92. The summed E-state index contributed by atoms with van der Waals surface area (Å²) in [6.45, 7) is 38.5. The second-order valence-corrected chi connectivity index (χ2v) is 31.9. The van der Waals surface area contributed by atoms with E-state index in [9.17, 15) is 0 Å². The molecule has 8 unspecified atom stereocenters. The lowest BCUT2D eigenvalue weighted by atomic mass is 9.76. The van der Waals surface area contributed by atoms with Crippen molar-refractivity contribution in [2.45, 2.75) is 247 Å². The van der Waals surface area contributed by atoms with E-state index in [2.05, 4.69) is 325 Å². The fourth-order valence-corrected chi connectivity index (χ4v) is 12.7. The summed E-state index contributed by atoms with van der Waals surface area (Å²) >= 11 is 0. The van der Waals surface area contributed by atoms with Crippen LogP contribution in [0.3, 0.4) is 0 Å². The van der Waals surface area contributed by atoms with Crippen LogP contribution in [0.5, 0.6) is 0 Å². The Kier molecular flexibility index (Phi) is 46.9. The van der Waals surface area contributed by atoms with Gasteiger partial charge in [-0.2, -0.15) is 0 Å². The molecule has 0 aliphatic carbocycles. The summed E-state index contributed by atoms with van der Waals surface area (Å²) in [6.07, 6.45) is 19.8. The number of nitrogens with zero attached hydrogens (tertiary/aromatic N) is 4. The van der Waals surface area contributed by atoms with Crippen LogP contribution in [-0.4, -0.2) is 151 Å². The van der Waals surface area contributed by atoms with Crippen LogP contribution in [-0.2, 0) is 0 Å². The first-order chi connectivity index (χ1) is 46.5. The van der Waals surface area contributed by atoms with Gasteiger partial charge in [0.2, 0.25) is 0 Å². The number of aliphatic hydroxyl groups is 2. The number of benzene rings is 6. The van der Waals surface area contributed by atoms with Crippen LogP contribution in [0.1, 0.15) is 289 Å². The van der Waals surface area contributed by atoms with Crippen molar-refractivity contribution in [3.8, 4) is 0 Å². The summed E-state index contributed by atoms with van der Waals surface area (Å²) in [6, 6.07) is 60.7. The molecule has 0 saturated carbocycles. The zero-order valence-electron chi connectivity index (χ0n) is 68.3. The molecule has 0 heterocycles. The highest BCUT2D eigenvalue weighted by Gasteiger charge is 2.26. The number of aryl methyl sites for hydroxylation is 2. The minimum atomic E-state index is 0.292. The SMILES string of the molecule is CCCC(CC)c1ccc(C(CC(CC)c2ccccc2)CC(CCC)c2ccc(C)cc2)cc1.CCCC(CC)c1ccc(C(CC(CC)c2ccccc2)CC(CCC)c2ccc(C)cc2)cc1.CC[N+](C)(C)C.CC[N+](C)(C)C.CC[N+](C)(C)CCO.CC[N+](C)(C)CCO. The first-order valence-electron chi connectivity index (χ1n) is 39.4. The van der Waals surface area contributed by atoms with Gasteiger partial charge in [-0.3, -0.25) is 0 Å². The minimum absolute atomic E-state index is 0.292. The standard InChI is InChI=1S/2C35H48.2C6H16NO.2C5H14N/c2*1-6-13-28(8-3)31-21-23-33(24-22-31)35(25-29(9-4)30-15-11-10-12-16-30)26-34(14-7-2)32-19-17-27(5)18-20-32;2*1-4-7(2,3)5-6-8;2*1-5-6(2,3)4/h2*10-12,15-24,28-29,34-35H,6-9,13-14,25-26H2,1-5H3;2*8H,4-6H2,1-3H3;2*5H2,1-4H3/q;;4*+1. The Bertz CT molecular complexity index is 2620. The van der Waals surface area contributed by atoms with Crippen molar-refractivity contribution in [3.05, 3.63) is 213 Å². The molecule has 0 bridgehead atoms. The quantitative estimate of drug-likeness (QED) is 0.0385. The van der Waals surface area contributed by atoms with Gasteiger partial charge in [0.1, 0.15) is 13.1 Å². The number of hydrogen-bond donors (Lipinski definition) is 2. The van der Waals surface area contributed by atoms with E-state index in [-0.39, 0.29) is 0 Å². The fraction of sp³-hybridized carbons (Fsp3) is 0.609. The lowest BCUT2D eigenvalue weighted by Crippen LogP contribution is -2.41. The van der Waals surface area contributed by atoms with Gasteiger partial charge in [-0.25, -0.2) is 0 Å². The Balaban J connectivity index is 0.000000705. The Labute approximate surface area is 608 Å². The molecule has 6 nitrogen and oxygen atoms in total. The minimum Gasteiger partial charge on any atom is -0.391 e. The molecule has 0 fully saturated rings. The van der Waals surface area contributed by atoms with Crippen molar-refractivity contribution in [1.82, 2.24) is 0 Å². The summed E-state index contributed by atoms with van der Waals surface area (Å²) in [5, 5.41) is 17.0. The van der Waals surface area contributed by atoms with Crippen LogP contribution in [0.15, 0.2) is 158 Å². The van der Waals surface area contributed by atoms with Gasteiger partial charge in [0.05, 0.1) is 110 Å². The summed E-state index contributed by atoms with van der Waals surface area (Å²) in [4.78, 5) is 0. The van der Waals surface area contributed by atoms with E-state index in [4.69, 9.17) is 10.2 Å². The molecule has 8 atom stereocenters. The van der Waals surface area contributed by atoms with E-state index in [0.717, 1.165) is 44.1 Å². The molecule has 6 aromatic rings. The number of likely N-dealkylation sites (N-methyl/N-ethyl adjacent to an activating group) is 2. The molecular formula is C92H156N4O2+4. The first kappa shape index (κ1) is 91.1. The molecule has 6 aromatic carbocycles. The highest BCUT2D eigenvalue weighted by atomic mass is 16.3. The third-order valence-electron chi connectivity index (χ3n) is 21.2. The second kappa shape index (κ2) is 50.4. The Morgan fingerprint density at radius 2 is 0.459 bits per heavy atom. The monoisotopic (exact) mass is 1350 g/mol. The van der Waals surface area contributed by atoms with Crippen molar-refractivity contribution < 1.29 is 28.1 Å². The predicted molar refractivity (Wildman–Crippen MR) is 436 cm³/mol. The first-order valence-corrected chi connectivity index (χ1v) is 39.4. The number of rotatable bonds is 36. The number of hydrogen-bond acceptors (Lipinski definition) is 2. The molecular weight excluding hydrogens is 1190 g/mol. The zero-order valence-corrected chi connectivity index (χ0v) is 68.3. The molecule has 0 amide bonds. The van der Waals surface area contributed by atoms with Crippen LogP contribution in [0.25, 0.3) is 0 Å². The molecule has 2 N–H and O–H groups in total. The normalized spacial score (nSPS) is 14.1. The zero-order chi connectivity index (χ0) is 73.7. The molecule has 0 aliphatic rings. The predicted octanol–water partition coefficient (Wildman–Crippen LogP) is 23.4. The molecule has 6 heteroatoms. The van der Waals surface area contributed by atoms with E-state index < -0.39 is 0 Å². The van der Waals surface area contributed by atoms with E-state index in [1.54, 1.807) is 0 Å². The van der Waals surface area contributed by atoms with E-state index in [0.29, 0.717) is 60.6 Å².